The SMILES string of the molecule is Cc1ccc(N2C(=O)NC(=O)C(=Cc3cc(C)n(-c4ccc(I)c(C)c4)c3C)C2=O)cc1. The number of aromatic nitrogens is 1. The lowest BCUT2D eigenvalue weighted by Crippen LogP contribution is -2.54. The number of carbonyl (C=O) groups is 3. The number of halogens is 1. The molecular weight excluding hydrogens is 517 g/mol. The maximum Gasteiger partial charge on any atom is 0.335 e. The van der Waals surface area contributed by atoms with Crippen molar-refractivity contribution in [2.24, 2.45) is 0 Å². The van der Waals surface area contributed by atoms with Gasteiger partial charge in [0.2, 0.25) is 0 Å². The van der Waals surface area contributed by atoms with E-state index in [0.29, 0.717) is 5.69 Å². The number of anilines is 1. The molecule has 0 unspecified atom stereocenters. The first kappa shape index (κ1) is 22.0. The van der Waals surface area contributed by atoms with Gasteiger partial charge < -0.3 is 4.57 Å². The molecule has 7 heteroatoms. The largest absolute Gasteiger partial charge is 0.335 e. The minimum absolute atomic E-state index is 0.0794. The summed E-state index contributed by atoms with van der Waals surface area (Å²) in [7, 11) is 0. The Kier molecular flexibility index (Phi) is 5.77. The van der Waals surface area contributed by atoms with Crippen LogP contribution < -0.4 is 10.2 Å². The topological polar surface area (TPSA) is 71.4 Å². The molecule has 4 amide bonds. The van der Waals surface area contributed by atoms with Crippen LogP contribution in [-0.2, 0) is 9.59 Å². The number of imide groups is 2. The molecule has 1 fully saturated rings. The standard InChI is InChI=1S/C25H22IN3O3/c1-14-5-7-19(8-6-14)29-24(31)21(23(30)27-25(29)32)13-18-12-16(3)28(17(18)4)20-9-10-22(26)15(2)11-20/h5-13H,1-4H3,(H,27,30,32). The van der Waals surface area contributed by atoms with Crippen molar-refractivity contribution in [2.75, 3.05) is 4.90 Å². The normalized spacial score (nSPS) is 15.5. The van der Waals surface area contributed by atoms with Crippen LogP contribution in [0.3, 0.4) is 0 Å². The number of nitrogens with one attached hydrogen (secondary N) is 1. The fourth-order valence-corrected chi connectivity index (χ4v) is 4.18. The van der Waals surface area contributed by atoms with E-state index < -0.39 is 17.8 Å². The number of nitrogens with zero attached hydrogens (tertiary/aromatic N) is 2. The minimum atomic E-state index is -0.749. The molecule has 1 N–H and O–H groups in total. The van der Waals surface area contributed by atoms with Gasteiger partial charge in [-0.3, -0.25) is 14.9 Å². The molecule has 4 rings (SSSR count). The number of carbonyl (C=O) groups excluding carboxylic acids is 3. The smallest absolute Gasteiger partial charge is 0.318 e. The van der Waals surface area contributed by atoms with E-state index in [2.05, 4.69) is 51.5 Å². The first-order valence-corrected chi connectivity index (χ1v) is 11.2. The second-order valence-corrected chi connectivity index (χ2v) is 9.05. The molecular formula is C25H22IN3O3. The molecule has 0 aliphatic carbocycles. The van der Waals surface area contributed by atoms with Crippen LogP contribution in [0.5, 0.6) is 0 Å². The highest BCUT2D eigenvalue weighted by molar-refractivity contribution is 14.1. The highest BCUT2D eigenvalue weighted by atomic mass is 127. The summed E-state index contributed by atoms with van der Waals surface area (Å²) in [5.41, 5.74) is 6.14. The van der Waals surface area contributed by atoms with Crippen LogP contribution in [0.25, 0.3) is 11.8 Å². The number of barbiturate groups is 1. The van der Waals surface area contributed by atoms with E-state index in [9.17, 15) is 14.4 Å². The predicted molar refractivity (Wildman–Crippen MR) is 133 cm³/mol. The van der Waals surface area contributed by atoms with Gasteiger partial charge in [-0.05, 0) is 104 Å². The van der Waals surface area contributed by atoms with Crippen molar-refractivity contribution in [1.82, 2.24) is 9.88 Å². The summed E-state index contributed by atoms with van der Waals surface area (Å²) in [5.74, 6) is -1.34. The number of benzene rings is 2. The Morgan fingerprint density at radius 2 is 1.53 bits per heavy atom. The highest BCUT2D eigenvalue weighted by Crippen LogP contribution is 2.27. The van der Waals surface area contributed by atoms with Gasteiger partial charge in [0.05, 0.1) is 5.69 Å². The van der Waals surface area contributed by atoms with Crippen molar-refractivity contribution in [3.8, 4) is 5.69 Å². The van der Waals surface area contributed by atoms with Crippen LogP contribution in [0, 0.1) is 31.3 Å². The van der Waals surface area contributed by atoms with Gasteiger partial charge in [-0.1, -0.05) is 17.7 Å². The molecule has 0 saturated carbocycles. The summed E-state index contributed by atoms with van der Waals surface area (Å²) in [5, 5.41) is 2.28. The van der Waals surface area contributed by atoms with Gasteiger partial charge in [-0.25, -0.2) is 9.69 Å². The number of hydrogen-bond donors (Lipinski definition) is 1. The third-order valence-electron chi connectivity index (χ3n) is 5.56. The van der Waals surface area contributed by atoms with E-state index in [0.717, 1.165) is 33.1 Å². The molecule has 1 aliphatic rings. The Balaban J connectivity index is 1.76. The maximum atomic E-state index is 13.2. The number of hydrogen-bond acceptors (Lipinski definition) is 3. The van der Waals surface area contributed by atoms with Crippen LogP contribution >= 0.6 is 22.6 Å². The maximum absolute atomic E-state index is 13.2. The summed E-state index contributed by atoms with van der Waals surface area (Å²) in [4.78, 5) is 39.1. The Morgan fingerprint density at radius 3 is 2.19 bits per heavy atom. The van der Waals surface area contributed by atoms with Crippen molar-refractivity contribution in [3.63, 3.8) is 0 Å². The van der Waals surface area contributed by atoms with Crippen molar-refractivity contribution in [3.05, 3.63) is 85.8 Å². The predicted octanol–water partition coefficient (Wildman–Crippen LogP) is 4.98. The minimum Gasteiger partial charge on any atom is -0.318 e. The Morgan fingerprint density at radius 1 is 0.875 bits per heavy atom. The number of urea groups is 1. The van der Waals surface area contributed by atoms with Gasteiger partial charge >= 0.3 is 6.03 Å². The van der Waals surface area contributed by atoms with Crippen LogP contribution in [-0.4, -0.2) is 22.4 Å². The molecule has 162 valence electrons. The third kappa shape index (κ3) is 3.88. The molecule has 32 heavy (non-hydrogen) atoms. The van der Waals surface area contributed by atoms with Gasteiger partial charge in [-0.2, -0.15) is 0 Å². The van der Waals surface area contributed by atoms with Gasteiger partial charge in [0.25, 0.3) is 11.8 Å². The van der Waals surface area contributed by atoms with E-state index in [1.54, 1.807) is 18.2 Å². The van der Waals surface area contributed by atoms with Crippen LogP contribution in [0.4, 0.5) is 10.5 Å². The van der Waals surface area contributed by atoms with Gasteiger partial charge in [-0.15, -0.1) is 0 Å². The lowest BCUT2D eigenvalue weighted by atomic mass is 10.1. The molecule has 2 heterocycles. The first-order valence-electron chi connectivity index (χ1n) is 10.1. The fourth-order valence-electron chi connectivity index (χ4n) is 3.84. The molecule has 1 saturated heterocycles. The van der Waals surface area contributed by atoms with E-state index in [1.807, 2.05) is 45.0 Å². The summed E-state index contributed by atoms with van der Waals surface area (Å²) in [6, 6.07) is 14.4. The van der Waals surface area contributed by atoms with E-state index in [1.165, 1.54) is 9.13 Å². The third-order valence-corrected chi connectivity index (χ3v) is 6.77. The van der Waals surface area contributed by atoms with Crippen molar-refractivity contribution in [2.45, 2.75) is 27.7 Å². The molecule has 3 aromatic rings. The molecule has 6 nitrogen and oxygen atoms in total. The average molecular weight is 539 g/mol. The highest BCUT2D eigenvalue weighted by Gasteiger charge is 2.37. The van der Waals surface area contributed by atoms with Gasteiger partial charge in [0.15, 0.2) is 0 Å². The zero-order chi connectivity index (χ0) is 23.2. The number of rotatable bonds is 3. The lowest BCUT2D eigenvalue weighted by molar-refractivity contribution is -0.122. The van der Waals surface area contributed by atoms with Crippen LogP contribution in [0.1, 0.15) is 28.1 Å². The average Bonchev–Trinajstić information content (AvgIpc) is 3.01. The molecule has 0 bridgehead atoms. The van der Waals surface area contributed by atoms with E-state index >= 15 is 0 Å². The number of aryl methyl sites for hydroxylation is 3. The summed E-state index contributed by atoms with van der Waals surface area (Å²) in [6.45, 7) is 7.90. The van der Waals surface area contributed by atoms with Crippen molar-refractivity contribution >= 4 is 52.2 Å². The second kappa shape index (κ2) is 8.38. The van der Waals surface area contributed by atoms with Crippen LogP contribution in [0.15, 0.2) is 54.1 Å². The molecule has 1 aliphatic heterocycles. The van der Waals surface area contributed by atoms with Gasteiger partial charge in [0.1, 0.15) is 5.57 Å². The molecule has 0 atom stereocenters. The zero-order valence-corrected chi connectivity index (χ0v) is 20.4. The van der Waals surface area contributed by atoms with E-state index in [-0.39, 0.29) is 5.57 Å². The van der Waals surface area contributed by atoms with Gasteiger partial charge in [0, 0.05) is 20.6 Å². The summed E-state index contributed by atoms with van der Waals surface area (Å²) >= 11 is 2.30. The first-order chi connectivity index (χ1) is 15.2. The summed E-state index contributed by atoms with van der Waals surface area (Å²) in [6.07, 6.45) is 1.56. The Bertz CT molecular complexity index is 1300. The van der Waals surface area contributed by atoms with E-state index in [4.69, 9.17) is 0 Å². The van der Waals surface area contributed by atoms with Crippen LogP contribution in [0.2, 0.25) is 0 Å². The molecule has 1 aromatic heterocycles. The number of amides is 4. The molecule has 0 radical (unpaired) electrons. The monoisotopic (exact) mass is 539 g/mol. The van der Waals surface area contributed by atoms with Crippen molar-refractivity contribution < 1.29 is 14.4 Å². The lowest BCUT2D eigenvalue weighted by Gasteiger charge is -2.26. The second-order valence-electron chi connectivity index (χ2n) is 7.89. The summed E-state index contributed by atoms with van der Waals surface area (Å²) < 4.78 is 3.27. The fraction of sp³-hybridized carbons (Fsp3) is 0.160. The molecule has 2 aromatic carbocycles. The molecule has 0 spiro atoms. The zero-order valence-electron chi connectivity index (χ0n) is 18.2. The Labute approximate surface area is 200 Å². The Hall–Kier alpha value is -3.20. The van der Waals surface area contributed by atoms with Crippen molar-refractivity contribution in [1.29, 1.82) is 0 Å². The quantitative estimate of drug-likeness (QED) is 0.290.